The van der Waals surface area contributed by atoms with Gasteiger partial charge >= 0.3 is 5.69 Å². The summed E-state index contributed by atoms with van der Waals surface area (Å²) >= 11 is 0. The molecule has 2 aliphatic carbocycles. The number of carbonyl (C=O) groups excluding carboxylic acids is 1. The number of benzene rings is 1. The van der Waals surface area contributed by atoms with E-state index >= 15 is 0 Å². The van der Waals surface area contributed by atoms with Crippen LogP contribution in [0.1, 0.15) is 47.7 Å². The van der Waals surface area contributed by atoms with Crippen LogP contribution in [0.5, 0.6) is 0 Å². The highest BCUT2D eigenvalue weighted by Gasteiger charge is 2.58. The van der Waals surface area contributed by atoms with Gasteiger partial charge in [0.1, 0.15) is 11.4 Å². The standard InChI is InChI=1S/C27H33N7O4/c28-22-23(31-26(37)32-24(22)35)25(36)30-21-14-27(21)6-5-19(13-27)17-1-3-18(4-2-17)20-15-29-34(16-20)8-7-33-9-11-38-12-10-33/h1-4,15-16,19,21H,5-14,28H2,(H,30,36)(H2,31,32,35,37)/t19-,21?,27+/m0/s1. The molecule has 3 heterocycles. The van der Waals surface area contributed by atoms with Crippen molar-refractivity contribution in [3.8, 4) is 11.1 Å². The third-order valence-corrected chi connectivity index (χ3v) is 8.44. The summed E-state index contributed by atoms with van der Waals surface area (Å²) in [5.41, 5.74) is 7.40. The zero-order chi connectivity index (χ0) is 26.3. The number of aromatic amines is 2. The molecule has 1 aliphatic heterocycles. The van der Waals surface area contributed by atoms with Gasteiger partial charge in [-0.1, -0.05) is 24.3 Å². The number of hydrogen-bond acceptors (Lipinski definition) is 7. The minimum absolute atomic E-state index is 0.0183. The molecule has 6 rings (SSSR count). The first-order valence-corrected chi connectivity index (χ1v) is 13.3. The van der Waals surface area contributed by atoms with E-state index in [-0.39, 0.29) is 22.8 Å². The Morgan fingerprint density at radius 2 is 1.89 bits per heavy atom. The van der Waals surface area contributed by atoms with Gasteiger partial charge in [-0.3, -0.25) is 24.2 Å². The number of nitrogens with one attached hydrogen (secondary N) is 3. The van der Waals surface area contributed by atoms with Gasteiger partial charge in [-0.25, -0.2) is 4.79 Å². The molecule has 3 atom stereocenters. The molecule has 1 saturated heterocycles. The molecule has 1 spiro atoms. The van der Waals surface area contributed by atoms with Gasteiger partial charge in [0.15, 0.2) is 0 Å². The maximum atomic E-state index is 12.7. The van der Waals surface area contributed by atoms with Crippen molar-refractivity contribution in [2.45, 2.75) is 44.2 Å². The molecule has 38 heavy (non-hydrogen) atoms. The second-order valence-corrected chi connectivity index (χ2v) is 10.8. The lowest BCUT2D eigenvalue weighted by molar-refractivity contribution is 0.0360. The molecule has 0 bridgehead atoms. The second kappa shape index (κ2) is 9.88. The smallest absolute Gasteiger partial charge is 0.326 e. The average Bonchev–Trinajstić information content (AvgIpc) is 3.24. The number of morpholine rings is 1. The Morgan fingerprint density at radius 3 is 2.68 bits per heavy atom. The Labute approximate surface area is 219 Å². The van der Waals surface area contributed by atoms with Crippen LogP contribution >= 0.6 is 0 Å². The number of hydrogen-bond donors (Lipinski definition) is 4. The lowest BCUT2D eigenvalue weighted by Gasteiger charge is -2.26. The van der Waals surface area contributed by atoms with Gasteiger partial charge in [0.05, 0.1) is 26.0 Å². The number of aromatic nitrogens is 4. The molecule has 11 nitrogen and oxygen atoms in total. The van der Waals surface area contributed by atoms with Crippen molar-refractivity contribution in [3.63, 3.8) is 0 Å². The number of amides is 1. The van der Waals surface area contributed by atoms with Crippen LogP contribution in [0, 0.1) is 5.41 Å². The summed E-state index contributed by atoms with van der Waals surface area (Å²) in [5.74, 6) is -0.0717. The molecule has 3 aromatic rings. The summed E-state index contributed by atoms with van der Waals surface area (Å²) in [7, 11) is 0. The van der Waals surface area contributed by atoms with E-state index in [0.717, 1.165) is 76.2 Å². The molecule has 11 heteroatoms. The predicted octanol–water partition coefficient (Wildman–Crippen LogP) is 1.30. The van der Waals surface area contributed by atoms with E-state index in [4.69, 9.17) is 10.5 Å². The van der Waals surface area contributed by atoms with Crippen LogP contribution in [0.4, 0.5) is 5.69 Å². The number of carbonyl (C=O) groups is 1. The molecule has 2 saturated carbocycles. The normalized spacial score (nSPS) is 25.1. The molecule has 1 aromatic carbocycles. The molecule has 3 fully saturated rings. The van der Waals surface area contributed by atoms with E-state index < -0.39 is 17.2 Å². The van der Waals surface area contributed by atoms with Crippen LogP contribution < -0.4 is 22.3 Å². The third-order valence-electron chi connectivity index (χ3n) is 8.44. The fourth-order valence-electron chi connectivity index (χ4n) is 6.05. The quantitative estimate of drug-likeness (QED) is 0.367. The van der Waals surface area contributed by atoms with Crippen molar-refractivity contribution in [2.75, 3.05) is 38.6 Å². The number of H-pyrrole nitrogens is 2. The third kappa shape index (κ3) is 4.91. The van der Waals surface area contributed by atoms with Crippen molar-refractivity contribution in [3.05, 3.63) is 68.8 Å². The Balaban J connectivity index is 1.04. The van der Waals surface area contributed by atoms with Crippen molar-refractivity contribution in [1.82, 2.24) is 30.0 Å². The summed E-state index contributed by atoms with van der Waals surface area (Å²) in [6, 6.07) is 8.78. The number of ether oxygens (including phenoxy) is 1. The van der Waals surface area contributed by atoms with Crippen molar-refractivity contribution >= 4 is 11.6 Å². The maximum absolute atomic E-state index is 12.7. The van der Waals surface area contributed by atoms with E-state index in [0.29, 0.717) is 5.92 Å². The Bertz CT molecular complexity index is 1440. The average molecular weight is 520 g/mol. The highest BCUT2D eigenvalue weighted by atomic mass is 16.5. The summed E-state index contributed by atoms with van der Waals surface area (Å²) in [6.45, 7) is 5.42. The number of rotatable bonds is 7. The SMILES string of the molecule is Nc1c(C(=O)NC2C[C@]23CC[C@H](c2ccc(-c4cnn(CCN5CCOCC5)c4)cc2)C3)[nH]c(=O)[nH]c1=O. The molecule has 1 unspecified atom stereocenters. The first kappa shape index (κ1) is 24.6. The summed E-state index contributed by atoms with van der Waals surface area (Å²) < 4.78 is 7.43. The van der Waals surface area contributed by atoms with Gasteiger partial charge in [0, 0.05) is 37.4 Å². The van der Waals surface area contributed by atoms with Gasteiger partial charge in [-0.2, -0.15) is 5.10 Å². The largest absolute Gasteiger partial charge is 0.392 e. The molecular weight excluding hydrogens is 486 g/mol. The minimum atomic E-state index is -0.755. The van der Waals surface area contributed by atoms with Crippen molar-refractivity contribution < 1.29 is 9.53 Å². The van der Waals surface area contributed by atoms with E-state index in [1.165, 1.54) is 5.56 Å². The second-order valence-electron chi connectivity index (χ2n) is 10.8. The van der Waals surface area contributed by atoms with Crippen LogP contribution in [0.2, 0.25) is 0 Å². The lowest BCUT2D eigenvalue weighted by atomic mass is 9.93. The van der Waals surface area contributed by atoms with Crippen LogP contribution in [-0.4, -0.2) is 69.4 Å². The highest BCUT2D eigenvalue weighted by molar-refractivity contribution is 5.97. The van der Waals surface area contributed by atoms with Gasteiger partial charge in [0.25, 0.3) is 11.5 Å². The fraction of sp³-hybridized carbons (Fsp3) is 0.481. The topological polar surface area (TPSA) is 151 Å². The van der Waals surface area contributed by atoms with E-state index in [1.807, 2.05) is 15.9 Å². The zero-order valence-electron chi connectivity index (χ0n) is 21.2. The van der Waals surface area contributed by atoms with Crippen molar-refractivity contribution in [1.29, 1.82) is 0 Å². The van der Waals surface area contributed by atoms with Gasteiger partial charge in [0.2, 0.25) is 0 Å². The Hall–Kier alpha value is -3.70. The predicted molar refractivity (Wildman–Crippen MR) is 142 cm³/mol. The van der Waals surface area contributed by atoms with E-state index in [1.54, 1.807) is 0 Å². The zero-order valence-corrected chi connectivity index (χ0v) is 21.2. The van der Waals surface area contributed by atoms with Crippen LogP contribution in [0.3, 0.4) is 0 Å². The molecule has 3 aliphatic rings. The molecule has 0 radical (unpaired) electrons. The monoisotopic (exact) mass is 519 g/mol. The number of anilines is 1. The van der Waals surface area contributed by atoms with Gasteiger partial charge < -0.3 is 20.8 Å². The molecule has 200 valence electrons. The summed E-state index contributed by atoms with van der Waals surface area (Å²) in [6.07, 6.45) is 8.02. The first-order valence-electron chi connectivity index (χ1n) is 13.3. The van der Waals surface area contributed by atoms with Gasteiger partial charge in [-0.05, 0) is 48.1 Å². The van der Waals surface area contributed by atoms with Crippen LogP contribution in [0.25, 0.3) is 11.1 Å². The maximum Gasteiger partial charge on any atom is 0.326 e. The van der Waals surface area contributed by atoms with Gasteiger partial charge in [-0.15, -0.1) is 0 Å². The van der Waals surface area contributed by atoms with Crippen LogP contribution in [0.15, 0.2) is 46.2 Å². The fourth-order valence-corrected chi connectivity index (χ4v) is 6.05. The minimum Gasteiger partial charge on any atom is -0.392 e. The first-order chi connectivity index (χ1) is 18.4. The summed E-state index contributed by atoms with van der Waals surface area (Å²) in [4.78, 5) is 42.8. The summed E-state index contributed by atoms with van der Waals surface area (Å²) in [5, 5.41) is 7.52. The van der Waals surface area contributed by atoms with E-state index in [9.17, 15) is 14.4 Å². The number of nitrogens with zero attached hydrogens (tertiary/aromatic N) is 3. The molecule has 2 aromatic heterocycles. The number of nitrogen functional groups attached to an aromatic ring is 1. The lowest BCUT2D eigenvalue weighted by Crippen LogP contribution is -2.38. The van der Waals surface area contributed by atoms with Crippen molar-refractivity contribution in [2.24, 2.45) is 5.41 Å². The Kier molecular flexibility index (Phi) is 6.40. The number of nitrogens with two attached hydrogens (primary N) is 1. The van der Waals surface area contributed by atoms with E-state index in [2.05, 4.69) is 50.8 Å². The molecular formula is C27H33N7O4. The Morgan fingerprint density at radius 1 is 1.11 bits per heavy atom. The molecule has 1 amide bonds. The molecule has 5 N–H and O–H groups in total. The van der Waals surface area contributed by atoms with Crippen LogP contribution in [-0.2, 0) is 11.3 Å². The highest BCUT2D eigenvalue weighted by Crippen LogP contribution is 2.61.